The average Bonchev–Trinajstić information content (AvgIpc) is 2.68. The van der Waals surface area contributed by atoms with E-state index in [0.29, 0.717) is 6.54 Å². The van der Waals surface area contributed by atoms with E-state index in [4.69, 9.17) is 0 Å². The van der Waals surface area contributed by atoms with Crippen LogP contribution in [0.4, 0.5) is 14.5 Å². The number of nitrogens with zero attached hydrogens (tertiary/aromatic N) is 3. The van der Waals surface area contributed by atoms with E-state index < -0.39 is 0 Å². The SMILES string of the molecule is CC(c1ccc(F)cc1)N(C)C(=O)CN1CCN(c2ccc(F)cc2)CC1. The zero-order valence-corrected chi connectivity index (χ0v) is 15.7. The average molecular weight is 373 g/mol. The van der Waals surface area contributed by atoms with Crippen molar-refractivity contribution in [3.63, 3.8) is 0 Å². The molecule has 0 radical (unpaired) electrons. The first-order chi connectivity index (χ1) is 12.9. The van der Waals surface area contributed by atoms with E-state index in [0.717, 1.165) is 37.4 Å². The summed E-state index contributed by atoms with van der Waals surface area (Å²) in [7, 11) is 1.78. The second-order valence-corrected chi connectivity index (χ2v) is 6.97. The van der Waals surface area contributed by atoms with Crippen molar-refractivity contribution in [2.75, 3.05) is 44.7 Å². The van der Waals surface area contributed by atoms with Crippen LogP contribution in [0.3, 0.4) is 0 Å². The predicted molar refractivity (Wildman–Crippen MR) is 103 cm³/mol. The number of hydrogen-bond donors (Lipinski definition) is 0. The highest BCUT2D eigenvalue weighted by Gasteiger charge is 2.23. The number of anilines is 1. The predicted octanol–water partition coefficient (Wildman–Crippen LogP) is 3.31. The first-order valence-electron chi connectivity index (χ1n) is 9.18. The highest BCUT2D eigenvalue weighted by Crippen LogP contribution is 2.20. The number of carbonyl (C=O) groups excluding carboxylic acids is 1. The normalized spacial score (nSPS) is 16.2. The second-order valence-electron chi connectivity index (χ2n) is 6.97. The molecule has 0 N–H and O–H groups in total. The van der Waals surface area contributed by atoms with Crippen LogP contribution in [0.25, 0.3) is 0 Å². The van der Waals surface area contributed by atoms with Crippen molar-refractivity contribution in [3.05, 3.63) is 65.7 Å². The zero-order valence-electron chi connectivity index (χ0n) is 15.7. The van der Waals surface area contributed by atoms with Gasteiger partial charge in [-0.1, -0.05) is 12.1 Å². The van der Waals surface area contributed by atoms with Gasteiger partial charge in [0.15, 0.2) is 0 Å². The van der Waals surface area contributed by atoms with Crippen molar-refractivity contribution >= 4 is 11.6 Å². The van der Waals surface area contributed by atoms with Crippen molar-refractivity contribution in [3.8, 4) is 0 Å². The lowest BCUT2D eigenvalue weighted by molar-refractivity contribution is -0.133. The van der Waals surface area contributed by atoms with Gasteiger partial charge in [0.25, 0.3) is 0 Å². The molecule has 1 atom stereocenters. The molecule has 0 aliphatic carbocycles. The van der Waals surface area contributed by atoms with Gasteiger partial charge in [-0.15, -0.1) is 0 Å². The molecule has 1 amide bonds. The topological polar surface area (TPSA) is 26.8 Å². The van der Waals surface area contributed by atoms with Crippen LogP contribution in [0.1, 0.15) is 18.5 Å². The van der Waals surface area contributed by atoms with Crippen LogP contribution in [0.5, 0.6) is 0 Å². The molecule has 2 aromatic rings. The summed E-state index contributed by atoms with van der Waals surface area (Å²) >= 11 is 0. The molecule has 2 aromatic carbocycles. The summed E-state index contributed by atoms with van der Waals surface area (Å²) in [6.07, 6.45) is 0. The Kier molecular flexibility index (Phi) is 6.06. The maximum Gasteiger partial charge on any atom is 0.236 e. The largest absolute Gasteiger partial charge is 0.369 e. The fraction of sp³-hybridized carbons (Fsp3) is 0.381. The molecule has 1 heterocycles. The fourth-order valence-corrected chi connectivity index (χ4v) is 3.30. The quantitative estimate of drug-likeness (QED) is 0.805. The maximum atomic E-state index is 13.1. The number of piperazine rings is 1. The smallest absolute Gasteiger partial charge is 0.236 e. The lowest BCUT2D eigenvalue weighted by Crippen LogP contribution is -2.50. The van der Waals surface area contributed by atoms with Gasteiger partial charge in [-0.2, -0.15) is 0 Å². The van der Waals surface area contributed by atoms with Crippen LogP contribution in [-0.2, 0) is 4.79 Å². The van der Waals surface area contributed by atoms with Gasteiger partial charge in [-0.25, -0.2) is 8.78 Å². The minimum atomic E-state index is -0.279. The highest BCUT2D eigenvalue weighted by atomic mass is 19.1. The number of halogens is 2. The van der Waals surface area contributed by atoms with E-state index in [1.807, 2.05) is 6.92 Å². The van der Waals surface area contributed by atoms with Crippen molar-refractivity contribution in [1.29, 1.82) is 0 Å². The van der Waals surface area contributed by atoms with Gasteiger partial charge in [0.1, 0.15) is 11.6 Å². The lowest BCUT2D eigenvalue weighted by atomic mass is 10.1. The number of benzene rings is 2. The first-order valence-corrected chi connectivity index (χ1v) is 9.18. The van der Waals surface area contributed by atoms with Crippen molar-refractivity contribution < 1.29 is 13.6 Å². The number of likely N-dealkylation sites (N-methyl/N-ethyl adjacent to an activating group) is 1. The van der Waals surface area contributed by atoms with E-state index in [1.54, 1.807) is 36.2 Å². The minimum Gasteiger partial charge on any atom is -0.369 e. The molecule has 1 unspecified atom stereocenters. The Morgan fingerprint density at radius 3 is 2.04 bits per heavy atom. The Balaban J connectivity index is 1.51. The summed E-state index contributed by atoms with van der Waals surface area (Å²) < 4.78 is 26.1. The standard InChI is InChI=1S/C21H25F2N3O/c1-16(17-3-5-18(22)6-4-17)24(2)21(27)15-25-11-13-26(14-12-25)20-9-7-19(23)8-10-20/h3-10,16H,11-15H2,1-2H3. The number of rotatable bonds is 5. The number of carbonyl (C=O) groups is 1. The van der Waals surface area contributed by atoms with Gasteiger partial charge in [-0.3, -0.25) is 9.69 Å². The Morgan fingerprint density at radius 2 is 1.48 bits per heavy atom. The molecule has 1 fully saturated rings. The molecule has 0 spiro atoms. The third kappa shape index (κ3) is 4.83. The summed E-state index contributed by atoms with van der Waals surface area (Å²) in [5.74, 6) is -0.470. The molecule has 1 aliphatic heterocycles. The molecule has 0 aromatic heterocycles. The monoisotopic (exact) mass is 373 g/mol. The van der Waals surface area contributed by atoms with Crippen LogP contribution in [-0.4, -0.2) is 55.5 Å². The molecule has 27 heavy (non-hydrogen) atoms. The Labute approximate surface area is 159 Å². The second kappa shape index (κ2) is 8.48. The molecule has 0 bridgehead atoms. The third-order valence-corrected chi connectivity index (χ3v) is 5.25. The van der Waals surface area contributed by atoms with E-state index >= 15 is 0 Å². The molecule has 6 heteroatoms. The van der Waals surface area contributed by atoms with Crippen molar-refractivity contribution in [2.45, 2.75) is 13.0 Å². The van der Waals surface area contributed by atoms with E-state index in [2.05, 4.69) is 9.80 Å². The Bertz CT molecular complexity index is 756. The van der Waals surface area contributed by atoms with Crippen molar-refractivity contribution in [1.82, 2.24) is 9.80 Å². The highest BCUT2D eigenvalue weighted by molar-refractivity contribution is 5.78. The minimum absolute atomic E-state index is 0.0436. The molecule has 0 saturated carbocycles. The molecule has 4 nitrogen and oxygen atoms in total. The van der Waals surface area contributed by atoms with Crippen molar-refractivity contribution in [2.24, 2.45) is 0 Å². The molecular weight excluding hydrogens is 348 g/mol. The van der Waals surface area contributed by atoms with Crippen LogP contribution >= 0.6 is 0 Å². The van der Waals surface area contributed by atoms with Gasteiger partial charge in [0.2, 0.25) is 5.91 Å². The van der Waals surface area contributed by atoms with Gasteiger partial charge in [0.05, 0.1) is 12.6 Å². The Hall–Kier alpha value is -2.47. The summed E-state index contributed by atoms with van der Waals surface area (Å²) in [5.41, 5.74) is 1.91. The van der Waals surface area contributed by atoms with E-state index in [9.17, 15) is 13.6 Å². The zero-order chi connectivity index (χ0) is 19.4. The Morgan fingerprint density at radius 1 is 0.963 bits per heavy atom. The first kappa shape index (κ1) is 19.3. The molecule has 3 rings (SSSR count). The van der Waals surface area contributed by atoms with Gasteiger partial charge in [-0.05, 0) is 48.9 Å². The summed E-state index contributed by atoms with van der Waals surface area (Å²) in [5, 5.41) is 0. The number of hydrogen-bond acceptors (Lipinski definition) is 3. The maximum absolute atomic E-state index is 13.1. The molecule has 1 aliphatic rings. The molecule has 1 saturated heterocycles. The summed E-state index contributed by atoms with van der Waals surface area (Å²) in [6.45, 7) is 5.47. The number of amides is 1. The van der Waals surface area contributed by atoms with Crippen LogP contribution < -0.4 is 4.90 Å². The lowest BCUT2D eigenvalue weighted by Gasteiger charge is -2.37. The van der Waals surface area contributed by atoms with E-state index in [1.165, 1.54) is 24.3 Å². The molecular formula is C21H25F2N3O. The van der Waals surface area contributed by atoms with Crippen LogP contribution in [0, 0.1) is 11.6 Å². The third-order valence-electron chi connectivity index (χ3n) is 5.25. The summed E-state index contributed by atoms with van der Waals surface area (Å²) in [4.78, 5) is 18.7. The molecule has 144 valence electrons. The summed E-state index contributed by atoms with van der Waals surface area (Å²) in [6, 6.07) is 12.7. The van der Waals surface area contributed by atoms with Gasteiger partial charge < -0.3 is 9.80 Å². The van der Waals surface area contributed by atoms with Crippen LogP contribution in [0.15, 0.2) is 48.5 Å². The van der Waals surface area contributed by atoms with Gasteiger partial charge in [0, 0.05) is 38.9 Å². The van der Waals surface area contributed by atoms with E-state index in [-0.39, 0.29) is 23.6 Å². The van der Waals surface area contributed by atoms with Gasteiger partial charge >= 0.3 is 0 Å². The fourth-order valence-electron chi connectivity index (χ4n) is 3.30. The van der Waals surface area contributed by atoms with Crippen LogP contribution in [0.2, 0.25) is 0 Å².